The van der Waals surface area contributed by atoms with E-state index in [9.17, 15) is 9.59 Å². The topological polar surface area (TPSA) is 82.4 Å². The highest BCUT2D eigenvalue weighted by Gasteiger charge is 2.46. The number of Topliss-reactive ketones (excluding diaryl/α,β-unsaturated/α-hetero) is 1. The van der Waals surface area contributed by atoms with Gasteiger partial charge in [-0.2, -0.15) is 0 Å². The summed E-state index contributed by atoms with van der Waals surface area (Å²) in [5, 5.41) is 3.91. The van der Waals surface area contributed by atoms with Crippen molar-refractivity contribution in [2.24, 2.45) is 5.41 Å². The highest BCUT2D eigenvalue weighted by molar-refractivity contribution is 6.31. The van der Waals surface area contributed by atoms with Crippen molar-refractivity contribution < 1.29 is 19.1 Å². The average molecular weight is 548 g/mol. The molecule has 0 spiro atoms. The minimum absolute atomic E-state index is 0.0189. The van der Waals surface area contributed by atoms with Gasteiger partial charge in [-0.15, -0.1) is 0 Å². The van der Waals surface area contributed by atoms with Gasteiger partial charge in [-0.05, 0) is 50.5 Å². The number of allylic oxidation sites excluding steroid dienone is 2. The SMILES string of the molecule is CCOC(=O)C1=C(COCCn2c(C)nc3ccccc32)NC2=C(C(=O)C(C)(C)CC2)C1c1ccccc1Cl. The summed E-state index contributed by atoms with van der Waals surface area (Å²) in [6, 6.07) is 15.4. The van der Waals surface area contributed by atoms with Crippen molar-refractivity contribution in [3.05, 3.63) is 87.5 Å². The maximum absolute atomic E-state index is 13.8. The lowest BCUT2D eigenvalue weighted by atomic mass is 9.67. The quantitative estimate of drug-likeness (QED) is 0.281. The smallest absolute Gasteiger partial charge is 0.336 e. The molecule has 39 heavy (non-hydrogen) atoms. The Morgan fingerprint density at radius 2 is 1.92 bits per heavy atom. The number of imidazole rings is 1. The lowest BCUT2D eigenvalue weighted by molar-refractivity contribution is -0.139. The summed E-state index contributed by atoms with van der Waals surface area (Å²) in [7, 11) is 0. The number of ketones is 1. The number of fused-ring (bicyclic) bond motifs is 1. The molecule has 5 rings (SSSR count). The molecule has 0 bridgehead atoms. The summed E-state index contributed by atoms with van der Waals surface area (Å²) in [5.41, 5.74) is 4.57. The summed E-state index contributed by atoms with van der Waals surface area (Å²) in [6.45, 7) is 9.06. The molecule has 8 heteroatoms. The van der Waals surface area contributed by atoms with Gasteiger partial charge in [0.05, 0.1) is 42.1 Å². The number of ether oxygens (including phenoxy) is 2. The number of carbonyl (C=O) groups excluding carboxylic acids is 2. The van der Waals surface area contributed by atoms with Crippen molar-refractivity contribution in [1.29, 1.82) is 0 Å². The van der Waals surface area contributed by atoms with Crippen LogP contribution in [-0.4, -0.2) is 41.1 Å². The maximum Gasteiger partial charge on any atom is 0.336 e. The molecule has 1 atom stereocenters. The first-order valence-electron chi connectivity index (χ1n) is 13.4. The zero-order valence-electron chi connectivity index (χ0n) is 22.8. The van der Waals surface area contributed by atoms with E-state index in [0.29, 0.717) is 53.4 Å². The van der Waals surface area contributed by atoms with Gasteiger partial charge >= 0.3 is 5.97 Å². The number of aryl methyl sites for hydroxylation is 1. The molecule has 3 aromatic rings. The van der Waals surface area contributed by atoms with E-state index in [1.807, 2.05) is 63.2 Å². The second-order valence-electron chi connectivity index (χ2n) is 10.6. The van der Waals surface area contributed by atoms with Gasteiger partial charge in [-0.3, -0.25) is 4.79 Å². The maximum atomic E-state index is 13.8. The van der Waals surface area contributed by atoms with E-state index in [4.69, 9.17) is 21.1 Å². The Morgan fingerprint density at radius 3 is 2.69 bits per heavy atom. The van der Waals surface area contributed by atoms with Gasteiger partial charge in [0.15, 0.2) is 5.78 Å². The third kappa shape index (κ3) is 5.13. The van der Waals surface area contributed by atoms with Crippen molar-refractivity contribution in [2.75, 3.05) is 19.8 Å². The average Bonchev–Trinajstić information content (AvgIpc) is 3.23. The fourth-order valence-electron chi connectivity index (χ4n) is 5.58. The highest BCUT2D eigenvalue weighted by atomic mass is 35.5. The lowest BCUT2D eigenvalue weighted by Crippen LogP contribution is -2.42. The van der Waals surface area contributed by atoms with E-state index in [-0.39, 0.29) is 19.0 Å². The number of benzene rings is 2. The molecule has 1 aliphatic carbocycles. The Kier molecular flexibility index (Phi) is 7.65. The predicted molar refractivity (Wildman–Crippen MR) is 151 cm³/mol. The Labute approximate surface area is 233 Å². The van der Waals surface area contributed by atoms with Crippen molar-refractivity contribution in [2.45, 2.75) is 53.0 Å². The number of hydrogen-bond donors (Lipinski definition) is 1. The third-order valence-electron chi connectivity index (χ3n) is 7.65. The van der Waals surface area contributed by atoms with Crippen LogP contribution in [0.4, 0.5) is 0 Å². The predicted octanol–water partition coefficient (Wildman–Crippen LogP) is 5.86. The summed E-state index contributed by atoms with van der Waals surface area (Å²) in [4.78, 5) is 31.9. The number of aromatic nitrogens is 2. The number of esters is 1. The van der Waals surface area contributed by atoms with Crippen molar-refractivity contribution >= 4 is 34.4 Å². The Morgan fingerprint density at radius 1 is 1.18 bits per heavy atom. The normalized spacial score (nSPS) is 18.8. The molecular weight excluding hydrogens is 514 g/mol. The number of hydrogen-bond acceptors (Lipinski definition) is 6. The number of dihydropyridines is 1. The van der Waals surface area contributed by atoms with Crippen LogP contribution in [0.1, 0.15) is 50.9 Å². The minimum atomic E-state index is -0.639. The van der Waals surface area contributed by atoms with Crippen LogP contribution >= 0.6 is 11.6 Å². The van der Waals surface area contributed by atoms with Gasteiger partial charge in [0.2, 0.25) is 0 Å². The van der Waals surface area contributed by atoms with E-state index in [1.165, 1.54) is 0 Å². The highest BCUT2D eigenvalue weighted by Crippen LogP contribution is 2.48. The first-order chi connectivity index (χ1) is 18.7. The van der Waals surface area contributed by atoms with Gasteiger partial charge in [-0.1, -0.05) is 55.8 Å². The molecule has 1 aliphatic heterocycles. The molecule has 0 saturated carbocycles. The van der Waals surface area contributed by atoms with E-state index >= 15 is 0 Å². The van der Waals surface area contributed by atoms with Gasteiger partial charge < -0.3 is 19.4 Å². The molecular formula is C31H34ClN3O4. The molecule has 0 amide bonds. The standard InChI is InChI=1S/C31H34ClN3O4/c1-5-39-30(37)28-24(18-38-17-16-35-19(2)33-22-12-8-9-13-25(22)35)34-23-14-15-31(3,4)29(36)27(23)26(28)20-10-6-7-11-21(20)32/h6-13,26,34H,5,14-18H2,1-4H3. The molecule has 2 aromatic carbocycles. The molecule has 1 aromatic heterocycles. The number of halogens is 1. The van der Waals surface area contributed by atoms with Crippen LogP contribution in [0.3, 0.4) is 0 Å². The van der Waals surface area contributed by atoms with Crippen LogP contribution in [0.5, 0.6) is 0 Å². The van der Waals surface area contributed by atoms with Gasteiger partial charge in [0.25, 0.3) is 0 Å². The third-order valence-corrected chi connectivity index (χ3v) is 8.00. The Hall–Kier alpha value is -3.42. The minimum Gasteiger partial charge on any atom is -0.463 e. The Balaban J connectivity index is 1.49. The molecule has 0 radical (unpaired) electrons. The number of nitrogens with one attached hydrogen (secondary N) is 1. The van der Waals surface area contributed by atoms with Crippen LogP contribution < -0.4 is 5.32 Å². The fourth-order valence-corrected chi connectivity index (χ4v) is 5.83. The molecule has 204 valence electrons. The molecule has 7 nitrogen and oxygen atoms in total. The first kappa shape index (κ1) is 27.2. The van der Waals surface area contributed by atoms with Gasteiger partial charge in [0, 0.05) is 34.2 Å². The molecule has 0 fully saturated rings. The largest absolute Gasteiger partial charge is 0.463 e. The van der Waals surface area contributed by atoms with Crippen molar-refractivity contribution in [3.8, 4) is 0 Å². The summed E-state index contributed by atoms with van der Waals surface area (Å²) in [6.07, 6.45) is 1.40. The second kappa shape index (κ2) is 11.0. The summed E-state index contributed by atoms with van der Waals surface area (Å²) < 4.78 is 13.8. The van der Waals surface area contributed by atoms with Crippen LogP contribution in [0.15, 0.2) is 71.1 Å². The van der Waals surface area contributed by atoms with Crippen LogP contribution in [0.25, 0.3) is 11.0 Å². The van der Waals surface area contributed by atoms with E-state index in [0.717, 1.165) is 22.6 Å². The van der Waals surface area contributed by atoms with Crippen LogP contribution in [-0.2, 0) is 25.6 Å². The monoisotopic (exact) mass is 547 g/mol. The first-order valence-corrected chi connectivity index (χ1v) is 13.8. The second-order valence-corrected chi connectivity index (χ2v) is 11.1. The van der Waals surface area contributed by atoms with Crippen LogP contribution in [0, 0.1) is 12.3 Å². The lowest BCUT2D eigenvalue weighted by Gasteiger charge is -2.40. The van der Waals surface area contributed by atoms with Crippen molar-refractivity contribution in [1.82, 2.24) is 14.9 Å². The molecule has 1 unspecified atom stereocenters. The molecule has 0 saturated heterocycles. The summed E-state index contributed by atoms with van der Waals surface area (Å²) in [5.74, 6) is -0.184. The van der Waals surface area contributed by atoms with E-state index in [1.54, 1.807) is 13.0 Å². The number of carbonyl (C=O) groups is 2. The number of para-hydroxylation sites is 2. The van der Waals surface area contributed by atoms with Crippen molar-refractivity contribution in [3.63, 3.8) is 0 Å². The number of rotatable bonds is 8. The molecule has 2 aliphatic rings. The summed E-state index contributed by atoms with van der Waals surface area (Å²) >= 11 is 6.68. The van der Waals surface area contributed by atoms with E-state index in [2.05, 4.69) is 14.9 Å². The Bertz CT molecular complexity index is 1500. The van der Waals surface area contributed by atoms with E-state index < -0.39 is 17.3 Å². The molecule has 1 N–H and O–H groups in total. The zero-order chi connectivity index (χ0) is 27.7. The van der Waals surface area contributed by atoms with Crippen LogP contribution in [0.2, 0.25) is 5.02 Å². The number of nitrogens with zero attached hydrogens (tertiary/aromatic N) is 2. The fraction of sp³-hybridized carbons (Fsp3) is 0.387. The zero-order valence-corrected chi connectivity index (χ0v) is 23.6. The van der Waals surface area contributed by atoms with Gasteiger partial charge in [0.1, 0.15) is 5.82 Å². The molecule has 2 heterocycles. The van der Waals surface area contributed by atoms with Gasteiger partial charge in [-0.25, -0.2) is 9.78 Å².